The smallest absolute Gasteiger partial charge is 0.0595 e. The number of benzene rings is 3. The first-order chi connectivity index (χ1) is 9.92. The zero-order chi connectivity index (χ0) is 13.4. The number of pyridine rings is 1. The summed E-state index contributed by atoms with van der Waals surface area (Å²) in [6, 6.07) is 28.1. The number of fused-ring (bicyclic) bond motifs is 2. The van der Waals surface area contributed by atoms with E-state index in [1.165, 1.54) is 10.8 Å². The summed E-state index contributed by atoms with van der Waals surface area (Å²) < 4.78 is 0. The monoisotopic (exact) mass is 447 g/mol. The van der Waals surface area contributed by atoms with Crippen molar-refractivity contribution in [2.75, 3.05) is 0 Å². The molecule has 0 spiro atoms. The van der Waals surface area contributed by atoms with E-state index in [2.05, 4.69) is 54.6 Å². The Balaban J connectivity index is 0.00000132. The molecule has 0 amide bonds. The maximum absolute atomic E-state index is 4.76. The predicted molar refractivity (Wildman–Crippen MR) is 83.5 cm³/mol. The molecule has 4 rings (SSSR count). The topological polar surface area (TPSA) is 12.9 Å². The first-order valence-corrected chi connectivity index (χ1v) is 6.67. The van der Waals surface area contributed by atoms with Crippen molar-refractivity contribution < 1.29 is 20.1 Å². The third kappa shape index (κ3) is 2.49. The fourth-order valence-corrected chi connectivity index (χ4v) is 2.58. The van der Waals surface area contributed by atoms with Crippen LogP contribution in [0.4, 0.5) is 0 Å². The molecule has 0 fully saturated rings. The molecular formula is C19H12IrN-. The number of nitrogens with zero attached hydrogens (tertiary/aromatic N) is 1. The van der Waals surface area contributed by atoms with E-state index in [0.717, 1.165) is 22.2 Å². The molecule has 0 atom stereocenters. The van der Waals surface area contributed by atoms with Gasteiger partial charge in [-0.05, 0) is 17.1 Å². The Labute approximate surface area is 137 Å². The van der Waals surface area contributed by atoms with E-state index >= 15 is 0 Å². The molecule has 0 aliphatic heterocycles. The Bertz CT molecular complexity index is 910. The van der Waals surface area contributed by atoms with Crippen LogP contribution in [0.3, 0.4) is 0 Å². The van der Waals surface area contributed by atoms with Crippen molar-refractivity contribution in [1.29, 1.82) is 0 Å². The van der Waals surface area contributed by atoms with Gasteiger partial charge in [-0.25, -0.2) is 0 Å². The molecule has 1 heterocycles. The van der Waals surface area contributed by atoms with Gasteiger partial charge in [-0.2, -0.15) is 0 Å². The largest absolute Gasteiger partial charge is 0.296 e. The first-order valence-electron chi connectivity index (χ1n) is 6.67. The van der Waals surface area contributed by atoms with E-state index in [-0.39, 0.29) is 20.1 Å². The summed E-state index contributed by atoms with van der Waals surface area (Å²) in [4.78, 5) is 4.76. The van der Waals surface area contributed by atoms with Crippen molar-refractivity contribution in [3.05, 3.63) is 78.9 Å². The zero-order valence-corrected chi connectivity index (χ0v) is 13.6. The van der Waals surface area contributed by atoms with Crippen LogP contribution >= 0.6 is 0 Å². The van der Waals surface area contributed by atoms with E-state index in [4.69, 9.17) is 4.98 Å². The van der Waals surface area contributed by atoms with Crippen LogP contribution in [-0.4, -0.2) is 4.98 Å². The van der Waals surface area contributed by atoms with Gasteiger partial charge in [0.25, 0.3) is 0 Å². The zero-order valence-electron chi connectivity index (χ0n) is 11.2. The van der Waals surface area contributed by atoms with Crippen LogP contribution in [-0.2, 0) is 20.1 Å². The van der Waals surface area contributed by atoms with E-state index in [1.54, 1.807) is 0 Å². The molecule has 1 nitrogen and oxygen atoms in total. The van der Waals surface area contributed by atoms with Crippen molar-refractivity contribution in [2.45, 2.75) is 0 Å². The maximum atomic E-state index is 4.76. The summed E-state index contributed by atoms with van der Waals surface area (Å²) in [5.74, 6) is 0. The molecule has 0 saturated carbocycles. The van der Waals surface area contributed by atoms with E-state index in [0.29, 0.717) is 0 Å². The van der Waals surface area contributed by atoms with Crippen LogP contribution in [0, 0.1) is 6.07 Å². The van der Waals surface area contributed by atoms with Gasteiger partial charge in [0.2, 0.25) is 0 Å². The van der Waals surface area contributed by atoms with Gasteiger partial charge in [0.1, 0.15) is 0 Å². The number of rotatable bonds is 1. The summed E-state index contributed by atoms with van der Waals surface area (Å²) in [6.45, 7) is 0. The summed E-state index contributed by atoms with van der Waals surface area (Å²) in [5, 5.41) is 3.57. The SMILES string of the molecule is [Ir].[c-]1ccc2ccccc2c1-c1ccc2ccccc2n1. The molecule has 1 radical (unpaired) electrons. The number of hydrogen-bond acceptors (Lipinski definition) is 1. The van der Waals surface area contributed by atoms with Gasteiger partial charge in [-0.3, -0.25) is 4.98 Å². The Morgan fingerprint density at radius 1 is 0.714 bits per heavy atom. The van der Waals surface area contributed by atoms with Gasteiger partial charge in [0, 0.05) is 20.1 Å². The van der Waals surface area contributed by atoms with Crippen molar-refractivity contribution >= 4 is 21.7 Å². The summed E-state index contributed by atoms with van der Waals surface area (Å²) in [6.07, 6.45) is 0. The Morgan fingerprint density at radius 3 is 2.38 bits per heavy atom. The van der Waals surface area contributed by atoms with E-state index in [9.17, 15) is 0 Å². The minimum absolute atomic E-state index is 0. The summed E-state index contributed by atoms with van der Waals surface area (Å²) >= 11 is 0. The van der Waals surface area contributed by atoms with Crippen LogP contribution in [0.25, 0.3) is 32.9 Å². The molecule has 0 unspecified atom stereocenters. The summed E-state index contributed by atoms with van der Waals surface area (Å²) in [5.41, 5.74) is 3.06. The minimum Gasteiger partial charge on any atom is -0.296 e. The molecular weight excluding hydrogens is 434 g/mol. The summed E-state index contributed by atoms with van der Waals surface area (Å²) in [7, 11) is 0. The van der Waals surface area contributed by atoms with Gasteiger partial charge in [0.05, 0.1) is 5.52 Å². The van der Waals surface area contributed by atoms with Crippen molar-refractivity contribution in [3.8, 4) is 11.3 Å². The number of aromatic nitrogens is 1. The molecule has 2 heteroatoms. The van der Waals surface area contributed by atoms with Crippen LogP contribution < -0.4 is 0 Å². The molecule has 1 aromatic heterocycles. The Morgan fingerprint density at radius 2 is 1.48 bits per heavy atom. The van der Waals surface area contributed by atoms with Crippen molar-refractivity contribution in [3.63, 3.8) is 0 Å². The van der Waals surface area contributed by atoms with E-state index in [1.807, 2.05) is 24.3 Å². The van der Waals surface area contributed by atoms with Crippen LogP contribution in [0.1, 0.15) is 0 Å². The normalized spacial score (nSPS) is 10.5. The first kappa shape index (κ1) is 13.9. The quantitative estimate of drug-likeness (QED) is 0.381. The number of para-hydroxylation sites is 1. The second-order valence-electron chi connectivity index (χ2n) is 4.83. The average molecular weight is 447 g/mol. The fraction of sp³-hybridized carbons (Fsp3) is 0. The second-order valence-corrected chi connectivity index (χ2v) is 4.83. The Hall–Kier alpha value is -2.02. The van der Waals surface area contributed by atoms with Gasteiger partial charge in [0.15, 0.2) is 0 Å². The van der Waals surface area contributed by atoms with E-state index < -0.39 is 0 Å². The van der Waals surface area contributed by atoms with Crippen LogP contribution in [0.15, 0.2) is 72.8 Å². The third-order valence-electron chi connectivity index (χ3n) is 3.58. The predicted octanol–water partition coefficient (Wildman–Crippen LogP) is 4.85. The minimum atomic E-state index is 0. The van der Waals surface area contributed by atoms with Crippen molar-refractivity contribution in [1.82, 2.24) is 4.98 Å². The van der Waals surface area contributed by atoms with Gasteiger partial charge in [-0.15, -0.1) is 29.1 Å². The van der Waals surface area contributed by atoms with Gasteiger partial charge in [-0.1, -0.05) is 60.0 Å². The average Bonchev–Trinajstić information content (AvgIpc) is 2.54. The Kier molecular flexibility index (Phi) is 3.83. The van der Waals surface area contributed by atoms with Gasteiger partial charge < -0.3 is 0 Å². The standard InChI is InChI=1S/C19H12N.Ir/c1-3-9-16-14(6-1)8-5-10-17(16)19-13-12-15-7-2-4-11-18(15)20-19;/h1-9,11-13H;/q-1;. The van der Waals surface area contributed by atoms with Crippen LogP contribution in [0.2, 0.25) is 0 Å². The molecule has 0 aliphatic rings. The molecule has 3 aromatic carbocycles. The molecule has 0 aliphatic carbocycles. The molecule has 21 heavy (non-hydrogen) atoms. The molecule has 103 valence electrons. The molecule has 0 N–H and O–H groups in total. The van der Waals surface area contributed by atoms with Crippen molar-refractivity contribution in [2.24, 2.45) is 0 Å². The number of hydrogen-bond donors (Lipinski definition) is 0. The molecule has 0 bridgehead atoms. The second kappa shape index (κ2) is 5.77. The molecule has 4 aromatic rings. The molecule has 0 saturated heterocycles. The van der Waals surface area contributed by atoms with Crippen LogP contribution in [0.5, 0.6) is 0 Å². The maximum Gasteiger partial charge on any atom is 0.0595 e. The fourth-order valence-electron chi connectivity index (χ4n) is 2.58. The third-order valence-corrected chi connectivity index (χ3v) is 3.58. The van der Waals surface area contributed by atoms with Gasteiger partial charge >= 0.3 is 0 Å².